The Balaban J connectivity index is 1.87. The van der Waals surface area contributed by atoms with Crippen LogP contribution in [0.15, 0.2) is 18.6 Å². The third-order valence-corrected chi connectivity index (χ3v) is 2.60. The summed E-state index contributed by atoms with van der Waals surface area (Å²) in [4.78, 5) is 21.2. The molecule has 2 heterocycles. The van der Waals surface area contributed by atoms with E-state index in [0.717, 1.165) is 18.7 Å². The number of nitrogens with one attached hydrogen (secondary N) is 1. The molecule has 0 bridgehead atoms. The van der Waals surface area contributed by atoms with Gasteiger partial charge in [0.2, 0.25) is 5.91 Å². The van der Waals surface area contributed by atoms with Crippen molar-refractivity contribution in [2.45, 2.75) is 19.0 Å². The van der Waals surface area contributed by atoms with E-state index in [1.54, 1.807) is 11.1 Å². The van der Waals surface area contributed by atoms with Crippen molar-refractivity contribution in [1.82, 2.24) is 20.2 Å². The van der Waals surface area contributed by atoms with E-state index in [1.807, 2.05) is 13.1 Å². The molecule has 1 N–H and O–H groups in total. The zero-order valence-electron chi connectivity index (χ0n) is 8.68. The van der Waals surface area contributed by atoms with Crippen LogP contribution in [-0.2, 0) is 11.3 Å². The molecule has 80 valence electrons. The fourth-order valence-electron chi connectivity index (χ4n) is 1.66. The molecule has 2 rings (SSSR count). The highest BCUT2D eigenvalue weighted by atomic mass is 16.2. The molecule has 0 saturated carbocycles. The van der Waals surface area contributed by atoms with E-state index < -0.39 is 0 Å². The molecular formula is C10H14N4O. The Morgan fingerprint density at radius 2 is 2.53 bits per heavy atom. The molecule has 5 heteroatoms. The summed E-state index contributed by atoms with van der Waals surface area (Å²) < 4.78 is 0. The molecule has 1 saturated heterocycles. The van der Waals surface area contributed by atoms with Gasteiger partial charge in [-0.05, 0) is 12.5 Å². The summed E-state index contributed by atoms with van der Waals surface area (Å²) in [6.07, 6.45) is 4.09. The van der Waals surface area contributed by atoms with Crippen LogP contribution in [-0.4, -0.2) is 40.4 Å². The molecule has 0 radical (unpaired) electrons. The monoisotopic (exact) mass is 206 g/mol. The van der Waals surface area contributed by atoms with Crippen molar-refractivity contribution >= 4 is 5.91 Å². The molecule has 1 unspecified atom stereocenters. The van der Waals surface area contributed by atoms with Crippen LogP contribution < -0.4 is 5.32 Å². The number of amides is 1. The van der Waals surface area contributed by atoms with Crippen LogP contribution in [0.5, 0.6) is 0 Å². The van der Waals surface area contributed by atoms with Gasteiger partial charge in [-0.15, -0.1) is 0 Å². The highest BCUT2D eigenvalue weighted by molar-refractivity contribution is 5.83. The van der Waals surface area contributed by atoms with Gasteiger partial charge in [0.05, 0.1) is 11.7 Å². The third-order valence-electron chi connectivity index (χ3n) is 2.60. The molecule has 0 spiro atoms. The predicted molar refractivity (Wildman–Crippen MR) is 54.9 cm³/mol. The van der Waals surface area contributed by atoms with Gasteiger partial charge in [-0.2, -0.15) is 0 Å². The summed E-state index contributed by atoms with van der Waals surface area (Å²) in [6.45, 7) is 1.45. The second kappa shape index (κ2) is 4.35. The number of likely N-dealkylation sites (N-methyl/N-ethyl adjacent to an activating group) is 1. The van der Waals surface area contributed by atoms with E-state index in [4.69, 9.17) is 0 Å². The molecule has 15 heavy (non-hydrogen) atoms. The standard InChI is InChI=1S/C10H14N4O/c1-14-5-3-9(10(14)15)12-6-8-2-4-11-7-13-8/h2,4,7,9,12H,3,5-6H2,1H3. The van der Waals surface area contributed by atoms with E-state index in [2.05, 4.69) is 15.3 Å². The van der Waals surface area contributed by atoms with Gasteiger partial charge in [-0.3, -0.25) is 4.79 Å². The van der Waals surface area contributed by atoms with Crippen molar-refractivity contribution in [1.29, 1.82) is 0 Å². The molecule has 5 nitrogen and oxygen atoms in total. The lowest BCUT2D eigenvalue weighted by Gasteiger charge is -2.11. The first-order valence-corrected chi connectivity index (χ1v) is 5.00. The average molecular weight is 206 g/mol. The van der Waals surface area contributed by atoms with Crippen LogP contribution in [0, 0.1) is 0 Å². The number of hydrogen-bond donors (Lipinski definition) is 1. The van der Waals surface area contributed by atoms with Crippen molar-refractivity contribution in [3.8, 4) is 0 Å². The largest absolute Gasteiger partial charge is 0.344 e. The van der Waals surface area contributed by atoms with Crippen molar-refractivity contribution in [2.24, 2.45) is 0 Å². The van der Waals surface area contributed by atoms with Gasteiger partial charge in [0.1, 0.15) is 6.33 Å². The predicted octanol–water partition coefficient (Wildman–Crippen LogP) is -0.203. The summed E-state index contributed by atoms with van der Waals surface area (Å²) in [5.74, 6) is 0.170. The zero-order valence-corrected chi connectivity index (χ0v) is 8.68. The zero-order chi connectivity index (χ0) is 10.7. The van der Waals surface area contributed by atoms with E-state index in [1.165, 1.54) is 6.33 Å². The minimum atomic E-state index is -0.0510. The number of hydrogen-bond acceptors (Lipinski definition) is 4. The van der Waals surface area contributed by atoms with Crippen molar-refractivity contribution in [3.05, 3.63) is 24.3 Å². The quantitative estimate of drug-likeness (QED) is 0.744. The minimum Gasteiger partial charge on any atom is -0.344 e. The second-order valence-corrected chi connectivity index (χ2v) is 3.68. The highest BCUT2D eigenvalue weighted by Crippen LogP contribution is 2.08. The summed E-state index contributed by atoms with van der Waals surface area (Å²) >= 11 is 0. The summed E-state index contributed by atoms with van der Waals surface area (Å²) in [6, 6.07) is 1.79. The van der Waals surface area contributed by atoms with Crippen LogP contribution in [0.4, 0.5) is 0 Å². The topological polar surface area (TPSA) is 58.1 Å². The first-order valence-electron chi connectivity index (χ1n) is 5.00. The number of nitrogens with zero attached hydrogens (tertiary/aromatic N) is 3. The number of carbonyl (C=O) groups is 1. The van der Waals surface area contributed by atoms with Gasteiger partial charge in [0.25, 0.3) is 0 Å². The molecule has 0 aliphatic carbocycles. The van der Waals surface area contributed by atoms with Crippen molar-refractivity contribution in [3.63, 3.8) is 0 Å². The Morgan fingerprint density at radius 1 is 1.67 bits per heavy atom. The molecule has 0 aromatic carbocycles. The Morgan fingerprint density at radius 3 is 3.13 bits per heavy atom. The number of carbonyl (C=O) groups excluding carboxylic acids is 1. The lowest BCUT2D eigenvalue weighted by atomic mass is 10.2. The molecular weight excluding hydrogens is 192 g/mol. The Bertz CT molecular complexity index is 341. The van der Waals surface area contributed by atoms with Gasteiger partial charge >= 0.3 is 0 Å². The molecule has 1 aliphatic heterocycles. The molecule has 1 amide bonds. The van der Waals surface area contributed by atoms with E-state index in [9.17, 15) is 4.79 Å². The molecule has 1 aromatic rings. The van der Waals surface area contributed by atoms with E-state index in [0.29, 0.717) is 6.54 Å². The van der Waals surface area contributed by atoms with E-state index in [-0.39, 0.29) is 11.9 Å². The normalized spacial score (nSPS) is 21.0. The fraction of sp³-hybridized carbons (Fsp3) is 0.500. The molecule has 1 fully saturated rings. The highest BCUT2D eigenvalue weighted by Gasteiger charge is 2.28. The van der Waals surface area contributed by atoms with Crippen LogP contribution in [0.1, 0.15) is 12.1 Å². The van der Waals surface area contributed by atoms with Crippen LogP contribution in [0.2, 0.25) is 0 Å². The molecule has 1 aromatic heterocycles. The van der Waals surface area contributed by atoms with Gasteiger partial charge < -0.3 is 10.2 Å². The number of likely N-dealkylation sites (tertiary alicyclic amines) is 1. The average Bonchev–Trinajstić information content (AvgIpc) is 2.59. The van der Waals surface area contributed by atoms with E-state index >= 15 is 0 Å². The van der Waals surface area contributed by atoms with Crippen LogP contribution in [0.25, 0.3) is 0 Å². The second-order valence-electron chi connectivity index (χ2n) is 3.68. The first kappa shape index (κ1) is 10.0. The lowest BCUT2D eigenvalue weighted by molar-refractivity contribution is -0.128. The Kier molecular flexibility index (Phi) is 2.91. The fourth-order valence-corrected chi connectivity index (χ4v) is 1.66. The van der Waals surface area contributed by atoms with Gasteiger partial charge in [0, 0.05) is 26.3 Å². The minimum absolute atomic E-state index is 0.0510. The summed E-state index contributed by atoms with van der Waals surface area (Å²) in [7, 11) is 1.83. The first-order chi connectivity index (χ1) is 7.27. The maximum absolute atomic E-state index is 11.6. The smallest absolute Gasteiger partial charge is 0.239 e. The van der Waals surface area contributed by atoms with Crippen molar-refractivity contribution < 1.29 is 4.79 Å². The van der Waals surface area contributed by atoms with Gasteiger partial charge in [-0.1, -0.05) is 0 Å². The number of aromatic nitrogens is 2. The van der Waals surface area contributed by atoms with Gasteiger partial charge in [0.15, 0.2) is 0 Å². The van der Waals surface area contributed by atoms with Gasteiger partial charge in [-0.25, -0.2) is 9.97 Å². The SMILES string of the molecule is CN1CCC(NCc2ccncn2)C1=O. The number of rotatable bonds is 3. The van der Waals surface area contributed by atoms with Crippen LogP contribution >= 0.6 is 0 Å². The van der Waals surface area contributed by atoms with Crippen molar-refractivity contribution in [2.75, 3.05) is 13.6 Å². The lowest BCUT2D eigenvalue weighted by Crippen LogP contribution is -2.36. The summed E-state index contributed by atoms with van der Waals surface area (Å²) in [5.41, 5.74) is 0.910. The maximum atomic E-state index is 11.6. The Hall–Kier alpha value is -1.49. The molecule has 1 aliphatic rings. The summed E-state index contributed by atoms with van der Waals surface area (Å²) in [5, 5.41) is 3.20. The van der Waals surface area contributed by atoms with Crippen LogP contribution in [0.3, 0.4) is 0 Å². The Labute approximate surface area is 88.5 Å². The molecule has 1 atom stereocenters. The maximum Gasteiger partial charge on any atom is 0.239 e. The third kappa shape index (κ3) is 2.30.